The number of imidazole rings is 1. The summed E-state index contributed by atoms with van der Waals surface area (Å²) in [4.78, 5) is 12.7. The van der Waals surface area contributed by atoms with Crippen LogP contribution in [0, 0.1) is 0 Å². The van der Waals surface area contributed by atoms with Crippen LogP contribution in [0.25, 0.3) is 11.2 Å². The van der Waals surface area contributed by atoms with Crippen LogP contribution in [0.3, 0.4) is 0 Å². The monoisotopic (exact) mass is 302 g/mol. The first-order valence-corrected chi connectivity index (χ1v) is 8.03. The minimum Gasteiger partial charge on any atom is -0.479 e. The molecule has 1 unspecified atom stereocenters. The lowest BCUT2D eigenvalue weighted by Crippen LogP contribution is -2.06. The molecule has 2 aromatic rings. The zero-order chi connectivity index (χ0) is 13.8. The third kappa shape index (κ3) is 3.03. The summed E-state index contributed by atoms with van der Waals surface area (Å²) in [7, 11) is 0.744. The maximum absolute atomic E-state index is 11.1. The molecule has 8 heteroatoms. The number of hydrogen-bond donors (Lipinski definition) is 0. The molecule has 0 amide bonds. The van der Waals surface area contributed by atoms with Crippen molar-refractivity contribution in [3.05, 3.63) is 12.2 Å². The number of nitrogens with zero attached hydrogens (tertiary/aromatic N) is 4. The number of alkyl halides is 1. The summed E-state index contributed by atoms with van der Waals surface area (Å²) < 4.78 is 18.2. The van der Waals surface area contributed by atoms with Gasteiger partial charge in [-0.2, -0.15) is 4.98 Å². The molecule has 0 aliphatic heterocycles. The standard InChI is InChI=1S/C11H15ClN4O2S/c1-18-11-9-10(13-7-14-11)16(8(6-12)15-9)4-3-5-19(2)17/h7H,3-6H2,1-2H3. The normalized spacial score (nSPS) is 12.8. The van der Waals surface area contributed by atoms with Gasteiger partial charge in [0.2, 0.25) is 5.88 Å². The van der Waals surface area contributed by atoms with Crippen molar-refractivity contribution in [2.75, 3.05) is 19.1 Å². The van der Waals surface area contributed by atoms with Gasteiger partial charge in [0, 0.05) is 29.4 Å². The van der Waals surface area contributed by atoms with Gasteiger partial charge >= 0.3 is 0 Å². The highest BCUT2D eigenvalue weighted by atomic mass is 35.5. The van der Waals surface area contributed by atoms with Gasteiger partial charge in [-0.05, 0) is 6.42 Å². The second-order valence-electron chi connectivity index (χ2n) is 4.00. The third-order valence-electron chi connectivity index (χ3n) is 2.70. The first-order valence-electron chi connectivity index (χ1n) is 5.77. The molecule has 0 fully saturated rings. The first-order chi connectivity index (χ1) is 9.17. The van der Waals surface area contributed by atoms with Crippen LogP contribution in [0.1, 0.15) is 12.2 Å². The first kappa shape index (κ1) is 14.2. The number of methoxy groups -OCH3 is 1. The Balaban J connectivity index is 2.37. The van der Waals surface area contributed by atoms with Gasteiger partial charge in [0.05, 0.1) is 13.0 Å². The van der Waals surface area contributed by atoms with Crippen molar-refractivity contribution in [2.45, 2.75) is 18.8 Å². The lowest BCUT2D eigenvalue weighted by Gasteiger charge is -2.06. The van der Waals surface area contributed by atoms with Gasteiger partial charge in [0.15, 0.2) is 11.2 Å². The molecule has 2 aromatic heterocycles. The summed E-state index contributed by atoms with van der Waals surface area (Å²) in [6, 6.07) is 0. The Morgan fingerprint density at radius 3 is 2.89 bits per heavy atom. The van der Waals surface area contributed by atoms with Crippen molar-refractivity contribution in [1.29, 1.82) is 0 Å². The summed E-state index contributed by atoms with van der Waals surface area (Å²) in [5.74, 6) is 2.09. The van der Waals surface area contributed by atoms with Gasteiger partial charge in [0.25, 0.3) is 0 Å². The SMILES string of the molecule is COc1ncnc2c1nc(CCl)n2CCCS(C)=O. The van der Waals surface area contributed by atoms with Crippen LogP contribution in [0.2, 0.25) is 0 Å². The molecule has 1 atom stereocenters. The number of aryl methyl sites for hydroxylation is 1. The molecule has 2 rings (SSSR count). The van der Waals surface area contributed by atoms with Crippen LogP contribution < -0.4 is 4.74 Å². The van der Waals surface area contributed by atoms with Crippen molar-refractivity contribution in [1.82, 2.24) is 19.5 Å². The van der Waals surface area contributed by atoms with Gasteiger partial charge in [-0.15, -0.1) is 11.6 Å². The topological polar surface area (TPSA) is 69.9 Å². The predicted octanol–water partition coefficient (Wildman–Crippen LogP) is 1.34. The summed E-state index contributed by atoms with van der Waals surface area (Å²) in [5.41, 5.74) is 1.31. The zero-order valence-corrected chi connectivity index (χ0v) is 12.4. The lowest BCUT2D eigenvalue weighted by molar-refractivity contribution is 0.401. The van der Waals surface area contributed by atoms with E-state index in [0.717, 1.165) is 12.2 Å². The summed E-state index contributed by atoms with van der Waals surface area (Å²) in [6.07, 6.45) is 3.92. The minimum absolute atomic E-state index is 0.286. The molecule has 0 aromatic carbocycles. The molecule has 104 valence electrons. The van der Waals surface area contributed by atoms with E-state index in [4.69, 9.17) is 16.3 Å². The molecule has 2 heterocycles. The van der Waals surface area contributed by atoms with E-state index in [1.54, 1.807) is 13.4 Å². The number of aromatic nitrogens is 4. The van der Waals surface area contributed by atoms with Gasteiger partial charge in [-0.3, -0.25) is 4.21 Å². The number of rotatable bonds is 6. The molecule has 0 spiro atoms. The van der Waals surface area contributed by atoms with E-state index >= 15 is 0 Å². The van der Waals surface area contributed by atoms with Crippen molar-refractivity contribution in [2.24, 2.45) is 0 Å². The van der Waals surface area contributed by atoms with E-state index in [0.29, 0.717) is 29.3 Å². The fraction of sp³-hybridized carbons (Fsp3) is 0.545. The fourth-order valence-corrected chi connectivity index (χ4v) is 2.61. The van der Waals surface area contributed by atoms with E-state index in [1.165, 1.54) is 6.33 Å². The highest BCUT2D eigenvalue weighted by Gasteiger charge is 2.15. The fourth-order valence-electron chi connectivity index (χ4n) is 1.87. The van der Waals surface area contributed by atoms with Crippen molar-refractivity contribution < 1.29 is 8.95 Å². The second-order valence-corrected chi connectivity index (χ2v) is 5.82. The van der Waals surface area contributed by atoms with Crippen LogP contribution in [0.15, 0.2) is 6.33 Å². The predicted molar refractivity (Wildman–Crippen MR) is 75.0 cm³/mol. The Bertz CT molecular complexity index is 602. The molecule has 0 radical (unpaired) electrons. The minimum atomic E-state index is -0.800. The second kappa shape index (κ2) is 6.29. The Kier molecular flexibility index (Phi) is 4.71. The van der Waals surface area contributed by atoms with E-state index in [-0.39, 0.29) is 5.88 Å². The van der Waals surface area contributed by atoms with Crippen LogP contribution in [-0.4, -0.2) is 42.8 Å². The van der Waals surface area contributed by atoms with Crippen molar-refractivity contribution >= 4 is 33.6 Å². The molecular weight excluding hydrogens is 288 g/mol. The highest BCUT2D eigenvalue weighted by molar-refractivity contribution is 7.84. The molecule has 6 nitrogen and oxygen atoms in total. The molecule has 0 aliphatic rings. The molecule has 0 aliphatic carbocycles. The maximum Gasteiger partial charge on any atom is 0.245 e. The Labute approximate surface area is 118 Å². The largest absolute Gasteiger partial charge is 0.479 e. The smallest absolute Gasteiger partial charge is 0.245 e. The maximum atomic E-state index is 11.1. The zero-order valence-electron chi connectivity index (χ0n) is 10.8. The average molecular weight is 303 g/mol. The number of fused-ring (bicyclic) bond motifs is 1. The Morgan fingerprint density at radius 1 is 1.47 bits per heavy atom. The highest BCUT2D eigenvalue weighted by Crippen LogP contribution is 2.22. The molecule has 0 saturated heterocycles. The van der Waals surface area contributed by atoms with Crippen molar-refractivity contribution in [3.63, 3.8) is 0 Å². The summed E-state index contributed by atoms with van der Waals surface area (Å²) in [6.45, 7) is 0.679. The van der Waals surface area contributed by atoms with Crippen LogP contribution >= 0.6 is 11.6 Å². The lowest BCUT2D eigenvalue weighted by atomic mass is 10.4. The Morgan fingerprint density at radius 2 is 2.26 bits per heavy atom. The van der Waals surface area contributed by atoms with E-state index in [2.05, 4.69) is 15.0 Å². The van der Waals surface area contributed by atoms with Gasteiger partial charge in [-0.1, -0.05) is 0 Å². The third-order valence-corrected chi connectivity index (χ3v) is 3.81. The molecule has 0 N–H and O–H groups in total. The van der Waals surface area contributed by atoms with E-state index in [1.807, 2.05) is 4.57 Å². The Hall–Kier alpha value is -1.21. The number of ether oxygens (including phenoxy) is 1. The van der Waals surface area contributed by atoms with E-state index in [9.17, 15) is 4.21 Å². The summed E-state index contributed by atoms with van der Waals surface area (Å²) >= 11 is 5.91. The van der Waals surface area contributed by atoms with Crippen molar-refractivity contribution in [3.8, 4) is 5.88 Å². The van der Waals surface area contributed by atoms with Gasteiger partial charge < -0.3 is 9.30 Å². The molecule has 0 saturated carbocycles. The summed E-state index contributed by atoms with van der Waals surface area (Å²) in [5, 5.41) is 0. The van der Waals surface area contributed by atoms with Crippen LogP contribution in [-0.2, 0) is 23.2 Å². The van der Waals surface area contributed by atoms with Gasteiger partial charge in [-0.25, -0.2) is 9.97 Å². The number of hydrogen-bond acceptors (Lipinski definition) is 5. The van der Waals surface area contributed by atoms with Crippen LogP contribution in [0.5, 0.6) is 5.88 Å². The van der Waals surface area contributed by atoms with Crippen LogP contribution in [0.4, 0.5) is 0 Å². The molecule has 0 bridgehead atoms. The molecular formula is C11H15ClN4O2S. The average Bonchev–Trinajstić information content (AvgIpc) is 2.76. The quantitative estimate of drug-likeness (QED) is 0.753. The van der Waals surface area contributed by atoms with E-state index < -0.39 is 10.8 Å². The molecule has 19 heavy (non-hydrogen) atoms. The van der Waals surface area contributed by atoms with Gasteiger partial charge in [0.1, 0.15) is 12.2 Å². The number of halogens is 1.